The van der Waals surface area contributed by atoms with Crippen LogP contribution in [0.15, 0.2) is 11.6 Å². The number of carbonyl (C=O) groups is 3. The monoisotopic (exact) mass is 410 g/mol. The van der Waals surface area contributed by atoms with Crippen LogP contribution < -0.4 is 21.7 Å². The van der Waals surface area contributed by atoms with E-state index in [-0.39, 0.29) is 24.0 Å². The molecule has 9 nitrogen and oxygen atoms in total. The van der Waals surface area contributed by atoms with Crippen molar-refractivity contribution in [3.63, 3.8) is 0 Å². The maximum absolute atomic E-state index is 12.6. The summed E-state index contributed by atoms with van der Waals surface area (Å²) in [6.45, 7) is 3.82. The fraction of sp³-hybridized carbons (Fsp3) is 0.750. The van der Waals surface area contributed by atoms with E-state index in [0.717, 1.165) is 32.1 Å². The maximum atomic E-state index is 12.6. The Morgan fingerprint density at radius 3 is 2.38 bits per heavy atom. The van der Waals surface area contributed by atoms with Crippen LogP contribution in [-0.4, -0.2) is 58.4 Å². The minimum absolute atomic E-state index is 0.0808. The van der Waals surface area contributed by atoms with E-state index in [4.69, 9.17) is 5.73 Å². The highest BCUT2D eigenvalue weighted by Crippen LogP contribution is 2.21. The first-order chi connectivity index (χ1) is 13.7. The smallest absolute Gasteiger partial charge is 0.315 e. The van der Waals surface area contributed by atoms with E-state index in [9.17, 15) is 24.6 Å². The van der Waals surface area contributed by atoms with Gasteiger partial charge in [-0.3, -0.25) is 9.59 Å². The van der Waals surface area contributed by atoms with Crippen LogP contribution >= 0.6 is 0 Å². The van der Waals surface area contributed by atoms with Gasteiger partial charge < -0.3 is 31.9 Å². The first-order valence-electron chi connectivity index (χ1n) is 10.4. The van der Waals surface area contributed by atoms with Crippen molar-refractivity contribution in [1.82, 2.24) is 16.0 Å². The average molecular weight is 411 g/mol. The summed E-state index contributed by atoms with van der Waals surface area (Å²) in [6, 6.07) is -2.09. The molecule has 1 fully saturated rings. The number of primary amides is 1. The van der Waals surface area contributed by atoms with Crippen LogP contribution in [0, 0.1) is 5.92 Å². The molecule has 0 aromatic carbocycles. The normalized spacial score (nSPS) is 26.4. The van der Waals surface area contributed by atoms with Gasteiger partial charge in [-0.15, -0.1) is 0 Å². The van der Waals surface area contributed by atoms with Gasteiger partial charge in [0.05, 0.1) is 12.1 Å². The summed E-state index contributed by atoms with van der Waals surface area (Å²) in [6.07, 6.45) is 4.43. The van der Waals surface area contributed by atoms with E-state index in [2.05, 4.69) is 16.0 Å². The van der Waals surface area contributed by atoms with E-state index in [1.807, 2.05) is 13.8 Å². The molecule has 2 aliphatic rings. The van der Waals surface area contributed by atoms with Gasteiger partial charge in [-0.2, -0.15) is 0 Å². The third-order valence-electron chi connectivity index (χ3n) is 5.46. The Kier molecular flexibility index (Phi) is 8.45. The lowest BCUT2D eigenvalue weighted by Gasteiger charge is -2.32. The van der Waals surface area contributed by atoms with Crippen LogP contribution in [0.4, 0.5) is 4.79 Å². The molecule has 4 unspecified atom stereocenters. The number of nitrogens with one attached hydrogen (secondary N) is 3. The van der Waals surface area contributed by atoms with Crippen LogP contribution in [-0.2, 0) is 9.59 Å². The van der Waals surface area contributed by atoms with E-state index in [0.29, 0.717) is 6.42 Å². The molecule has 164 valence electrons. The van der Waals surface area contributed by atoms with Crippen LogP contribution in [0.5, 0.6) is 0 Å². The molecule has 29 heavy (non-hydrogen) atoms. The highest BCUT2D eigenvalue weighted by atomic mass is 16.3. The Morgan fingerprint density at radius 1 is 1.14 bits per heavy atom. The molecule has 1 saturated carbocycles. The number of aliphatic hydroxyl groups excluding tert-OH is 2. The van der Waals surface area contributed by atoms with Crippen LogP contribution in [0.2, 0.25) is 0 Å². The van der Waals surface area contributed by atoms with Crippen LogP contribution in [0.1, 0.15) is 58.8 Å². The largest absolute Gasteiger partial charge is 0.390 e. The number of hydrogen-bond donors (Lipinski definition) is 6. The minimum Gasteiger partial charge on any atom is -0.390 e. The van der Waals surface area contributed by atoms with Crippen molar-refractivity contribution in [3.8, 4) is 0 Å². The lowest BCUT2D eigenvalue weighted by atomic mass is 9.89. The molecule has 4 atom stereocenters. The first kappa shape index (κ1) is 23.2. The summed E-state index contributed by atoms with van der Waals surface area (Å²) in [7, 11) is 0. The van der Waals surface area contributed by atoms with Crippen LogP contribution in [0.25, 0.3) is 0 Å². The molecule has 0 aliphatic heterocycles. The summed E-state index contributed by atoms with van der Waals surface area (Å²) in [5.41, 5.74) is 5.56. The van der Waals surface area contributed by atoms with Gasteiger partial charge in [0.25, 0.3) is 0 Å². The number of amides is 4. The molecule has 0 saturated heterocycles. The van der Waals surface area contributed by atoms with Gasteiger partial charge in [0.2, 0.25) is 11.8 Å². The zero-order valence-electron chi connectivity index (χ0n) is 17.2. The van der Waals surface area contributed by atoms with E-state index < -0.39 is 42.1 Å². The second-order valence-corrected chi connectivity index (χ2v) is 8.49. The predicted molar refractivity (Wildman–Crippen MR) is 108 cm³/mol. The number of carbonyl (C=O) groups excluding carboxylic acids is 3. The SMILES string of the molecule is CC(C)CC(NC(=O)C1=CC(NC(=O)NC2CCCCC2)C(O)C(O)C1)C(N)=O. The van der Waals surface area contributed by atoms with E-state index in [1.54, 1.807) is 0 Å². The van der Waals surface area contributed by atoms with Crippen molar-refractivity contribution in [3.05, 3.63) is 11.6 Å². The Balaban J connectivity index is 2.02. The molecule has 7 N–H and O–H groups in total. The molecule has 0 aromatic rings. The molecule has 0 spiro atoms. The number of urea groups is 1. The van der Waals surface area contributed by atoms with Gasteiger partial charge in [0.15, 0.2) is 0 Å². The summed E-state index contributed by atoms with van der Waals surface area (Å²) in [5.74, 6) is -1.02. The van der Waals surface area contributed by atoms with Gasteiger partial charge >= 0.3 is 6.03 Å². The van der Waals surface area contributed by atoms with Gasteiger partial charge in [-0.1, -0.05) is 39.2 Å². The average Bonchev–Trinajstić information content (AvgIpc) is 2.64. The maximum Gasteiger partial charge on any atom is 0.315 e. The number of hydrogen-bond acceptors (Lipinski definition) is 5. The van der Waals surface area contributed by atoms with Gasteiger partial charge in [0.1, 0.15) is 12.1 Å². The molecule has 0 aromatic heterocycles. The molecule has 2 rings (SSSR count). The molecule has 2 aliphatic carbocycles. The van der Waals surface area contributed by atoms with Crippen LogP contribution in [0.3, 0.4) is 0 Å². The quantitative estimate of drug-likeness (QED) is 0.350. The van der Waals surface area contributed by atoms with Crippen molar-refractivity contribution >= 4 is 17.8 Å². The Hall–Kier alpha value is -2.13. The van der Waals surface area contributed by atoms with Gasteiger partial charge in [-0.05, 0) is 25.2 Å². The molecule has 0 heterocycles. The molecule has 0 radical (unpaired) electrons. The van der Waals surface area contributed by atoms with Crippen molar-refractivity contribution < 1.29 is 24.6 Å². The number of rotatable bonds is 7. The summed E-state index contributed by atoms with van der Waals surface area (Å²) >= 11 is 0. The predicted octanol–water partition coefficient (Wildman–Crippen LogP) is 0.0550. The summed E-state index contributed by atoms with van der Waals surface area (Å²) < 4.78 is 0. The minimum atomic E-state index is -1.23. The Bertz CT molecular complexity index is 630. The lowest BCUT2D eigenvalue weighted by molar-refractivity contribution is -0.126. The number of nitrogens with two attached hydrogens (primary N) is 1. The first-order valence-corrected chi connectivity index (χ1v) is 10.4. The molecular formula is C20H34N4O5. The fourth-order valence-corrected chi connectivity index (χ4v) is 3.86. The topological polar surface area (TPSA) is 154 Å². The standard InChI is InChI=1S/C20H34N4O5/c1-11(2)8-15(18(21)27)23-19(28)12-9-14(17(26)16(25)10-12)24-20(29)22-13-6-4-3-5-7-13/h9,11,13-17,25-26H,3-8,10H2,1-2H3,(H2,21,27)(H,23,28)(H2,22,24,29). The molecule has 0 bridgehead atoms. The van der Waals surface area contributed by atoms with Gasteiger partial charge in [0, 0.05) is 18.0 Å². The molecular weight excluding hydrogens is 376 g/mol. The van der Waals surface area contributed by atoms with E-state index in [1.165, 1.54) is 6.08 Å². The zero-order chi connectivity index (χ0) is 21.6. The highest BCUT2D eigenvalue weighted by molar-refractivity contribution is 5.97. The zero-order valence-corrected chi connectivity index (χ0v) is 17.2. The van der Waals surface area contributed by atoms with E-state index >= 15 is 0 Å². The highest BCUT2D eigenvalue weighted by Gasteiger charge is 2.34. The summed E-state index contributed by atoms with van der Waals surface area (Å²) in [5, 5.41) is 28.5. The molecule has 4 amide bonds. The molecule has 9 heteroatoms. The fourth-order valence-electron chi connectivity index (χ4n) is 3.86. The summed E-state index contributed by atoms with van der Waals surface area (Å²) in [4.78, 5) is 36.5. The number of aliphatic hydroxyl groups is 2. The second kappa shape index (κ2) is 10.6. The van der Waals surface area contributed by atoms with Crippen molar-refractivity contribution in [2.24, 2.45) is 11.7 Å². The van der Waals surface area contributed by atoms with Gasteiger partial charge in [-0.25, -0.2) is 4.79 Å². The Morgan fingerprint density at radius 2 is 1.79 bits per heavy atom. The second-order valence-electron chi connectivity index (χ2n) is 8.49. The lowest BCUT2D eigenvalue weighted by Crippen LogP contribution is -2.55. The third-order valence-corrected chi connectivity index (χ3v) is 5.46. The van der Waals surface area contributed by atoms with Crippen molar-refractivity contribution in [2.75, 3.05) is 0 Å². The Labute approximate surface area is 171 Å². The van der Waals surface area contributed by atoms with Crippen molar-refractivity contribution in [1.29, 1.82) is 0 Å². The van der Waals surface area contributed by atoms with Crippen molar-refractivity contribution in [2.45, 2.75) is 89.1 Å². The third kappa shape index (κ3) is 7.01.